The lowest BCUT2D eigenvalue weighted by Gasteiger charge is -2.33. The van der Waals surface area contributed by atoms with Crippen LogP contribution in [0.5, 0.6) is 0 Å². The molecule has 0 aliphatic carbocycles. The van der Waals surface area contributed by atoms with E-state index in [1.165, 1.54) is 0 Å². The first-order valence-electron chi connectivity index (χ1n) is 5.98. The smallest absolute Gasteiger partial charge is 0.329 e. The maximum Gasteiger partial charge on any atom is 0.329 e. The van der Waals surface area contributed by atoms with Crippen LogP contribution in [0, 0.1) is 5.92 Å². The molecule has 0 aromatic rings. The second kappa shape index (κ2) is 4.85. The van der Waals surface area contributed by atoms with Crippen molar-refractivity contribution >= 4 is 11.9 Å². The van der Waals surface area contributed by atoms with Crippen LogP contribution in [0.2, 0.25) is 0 Å². The lowest BCUT2D eigenvalue weighted by Crippen LogP contribution is -2.52. The lowest BCUT2D eigenvalue weighted by atomic mass is 9.96. The third kappa shape index (κ3) is 2.20. The Bertz CT molecular complexity index is 290. The summed E-state index contributed by atoms with van der Waals surface area (Å²) in [7, 11) is 0. The van der Waals surface area contributed by atoms with Crippen LogP contribution in [0.25, 0.3) is 0 Å². The summed E-state index contributed by atoms with van der Waals surface area (Å²) in [6, 6.07) is 0. The van der Waals surface area contributed by atoms with Gasteiger partial charge in [0.05, 0.1) is 0 Å². The summed E-state index contributed by atoms with van der Waals surface area (Å²) in [5, 5.41) is 9.21. The molecule has 1 heterocycles. The van der Waals surface area contributed by atoms with Gasteiger partial charge in [0.2, 0.25) is 5.91 Å². The van der Waals surface area contributed by atoms with Gasteiger partial charge in [-0.05, 0) is 26.2 Å². The van der Waals surface area contributed by atoms with Crippen LogP contribution >= 0.6 is 0 Å². The molecular formula is C12H21NO3. The fourth-order valence-electron chi connectivity index (χ4n) is 2.36. The van der Waals surface area contributed by atoms with Crippen molar-refractivity contribution in [1.29, 1.82) is 0 Å². The Morgan fingerprint density at radius 2 is 2.12 bits per heavy atom. The van der Waals surface area contributed by atoms with Gasteiger partial charge < -0.3 is 10.0 Å². The molecule has 1 rings (SSSR count). The molecule has 0 aromatic carbocycles. The molecule has 1 fully saturated rings. The maximum absolute atomic E-state index is 12.1. The molecule has 0 spiro atoms. The Kier molecular flexibility index (Phi) is 3.94. The fraction of sp³-hybridized carbons (Fsp3) is 0.833. The third-order valence-corrected chi connectivity index (χ3v) is 3.51. The van der Waals surface area contributed by atoms with Gasteiger partial charge in [-0.1, -0.05) is 20.3 Å². The Morgan fingerprint density at radius 1 is 1.50 bits per heavy atom. The summed E-state index contributed by atoms with van der Waals surface area (Å²) in [6.07, 6.45) is 3.12. The van der Waals surface area contributed by atoms with Crippen LogP contribution in [0.3, 0.4) is 0 Å². The summed E-state index contributed by atoms with van der Waals surface area (Å²) in [5.41, 5.74) is -0.987. The van der Waals surface area contributed by atoms with E-state index >= 15 is 0 Å². The van der Waals surface area contributed by atoms with Crippen molar-refractivity contribution in [2.24, 2.45) is 5.92 Å². The van der Waals surface area contributed by atoms with Crippen molar-refractivity contribution in [3.8, 4) is 0 Å². The molecule has 0 saturated carbocycles. The van der Waals surface area contributed by atoms with Crippen LogP contribution in [0.1, 0.15) is 46.5 Å². The molecular weight excluding hydrogens is 206 g/mol. The number of amides is 1. The van der Waals surface area contributed by atoms with Crippen LogP contribution in [0.15, 0.2) is 0 Å². The van der Waals surface area contributed by atoms with E-state index in [4.69, 9.17) is 0 Å². The van der Waals surface area contributed by atoms with Gasteiger partial charge in [-0.25, -0.2) is 4.79 Å². The largest absolute Gasteiger partial charge is 0.480 e. The van der Waals surface area contributed by atoms with E-state index in [2.05, 4.69) is 0 Å². The van der Waals surface area contributed by atoms with Crippen LogP contribution in [0.4, 0.5) is 0 Å². The Balaban J connectivity index is 2.79. The highest BCUT2D eigenvalue weighted by molar-refractivity contribution is 5.88. The van der Waals surface area contributed by atoms with Crippen molar-refractivity contribution < 1.29 is 14.7 Å². The maximum atomic E-state index is 12.1. The number of carbonyl (C=O) groups excluding carboxylic acids is 1. The summed E-state index contributed by atoms with van der Waals surface area (Å²) in [6.45, 7) is 6.14. The van der Waals surface area contributed by atoms with Gasteiger partial charge in [0, 0.05) is 12.5 Å². The molecule has 0 bridgehead atoms. The van der Waals surface area contributed by atoms with Gasteiger partial charge in [0.1, 0.15) is 5.54 Å². The molecule has 2 atom stereocenters. The summed E-state index contributed by atoms with van der Waals surface area (Å²) in [4.78, 5) is 24.9. The zero-order chi connectivity index (χ0) is 12.3. The first-order valence-corrected chi connectivity index (χ1v) is 5.98. The number of rotatable bonds is 4. The average Bonchev–Trinajstić information content (AvgIpc) is 2.61. The number of aliphatic carboxylic acids is 1. The highest BCUT2D eigenvalue weighted by atomic mass is 16.4. The van der Waals surface area contributed by atoms with Crippen LogP contribution in [-0.2, 0) is 9.59 Å². The zero-order valence-electron chi connectivity index (χ0n) is 10.3. The first kappa shape index (κ1) is 13.0. The minimum absolute atomic E-state index is 0.00995. The zero-order valence-corrected chi connectivity index (χ0v) is 10.3. The van der Waals surface area contributed by atoms with E-state index in [9.17, 15) is 14.7 Å². The number of carboxylic acid groups (broad SMARTS) is 1. The predicted molar refractivity (Wildman–Crippen MR) is 61.1 cm³/mol. The minimum Gasteiger partial charge on any atom is -0.480 e. The fourth-order valence-corrected chi connectivity index (χ4v) is 2.36. The van der Waals surface area contributed by atoms with E-state index in [-0.39, 0.29) is 11.8 Å². The molecule has 1 saturated heterocycles. The number of hydrogen-bond acceptors (Lipinski definition) is 2. The van der Waals surface area contributed by atoms with Crippen molar-refractivity contribution in [2.75, 3.05) is 6.54 Å². The van der Waals surface area contributed by atoms with E-state index < -0.39 is 11.5 Å². The lowest BCUT2D eigenvalue weighted by molar-refractivity contribution is -0.156. The van der Waals surface area contributed by atoms with Gasteiger partial charge in [0.25, 0.3) is 0 Å². The molecule has 0 aromatic heterocycles. The number of carbonyl (C=O) groups is 2. The molecule has 4 heteroatoms. The number of hydrogen-bond donors (Lipinski definition) is 1. The normalized spacial score (nSPS) is 26.8. The van der Waals surface area contributed by atoms with E-state index in [0.717, 1.165) is 19.3 Å². The van der Waals surface area contributed by atoms with Gasteiger partial charge in [-0.3, -0.25) is 4.79 Å². The second-order valence-corrected chi connectivity index (χ2v) is 4.86. The van der Waals surface area contributed by atoms with Crippen molar-refractivity contribution in [3.05, 3.63) is 0 Å². The molecule has 0 radical (unpaired) electrons. The number of carboxylic acids is 1. The number of nitrogens with zero attached hydrogens (tertiary/aromatic N) is 1. The van der Waals surface area contributed by atoms with Gasteiger partial charge in [0.15, 0.2) is 0 Å². The Hall–Kier alpha value is -1.06. The van der Waals surface area contributed by atoms with E-state index in [1.54, 1.807) is 11.8 Å². The van der Waals surface area contributed by atoms with Crippen LogP contribution in [-0.4, -0.2) is 34.0 Å². The topological polar surface area (TPSA) is 57.6 Å². The highest BCUT2D eigenvalue weighted by Gasteiger charge is 2.46. The van der Waals surface area contributed by atoms with E-state index in [0.29, 0.717) is 13.0 Å². The molecule has 1 N–H and O–H groups in total. The van der Waals surface area contributed by atoms with Crippen molar-refractivity contribution in [1.82, 2.24) is 4.90 Å². The number of likely N-dealkylation sites (tertiary alicyclic amines) is 1. The summed E-state index contributed by atoms with van der Waals surface area (Å²) < 4.78 is 0. The van der Waals surface area contributed by atoms with Crippen molar-refractivity contribution in [3.63, 3.8) is 0 Å². The minimum atomic E-state index is -0.987. The van der Waals surface area contributed by atoms with Crippen molar-refractivity contribution in [2.45, 2.75) is 52.0 Å². The highest BCUT2D eigenvalue weighted by Crippen LogP contribution is 2.31. The average molecular weight is 227 g/mol. The van der Waals surface area contributed by atoms with Crippen LogP contribution < -0.4 is 0 Å². The predicted octanol–water partition coefficient (Wildman–Crippen LogP) is 1.89. The standard InChI is InChI=1S/C12H21NO3/c1-4-6-9(2)10(14)13-8-5-7-12(13,3)11(15)16/h9H,4-8H2,1-3H3,(H,15,16). The molecule has 1 aliphatic heterocycles. The monoisotopic (exact) mass is 227 g/mol. The van der Waals surface area contributed by atoms with Gasteiger partial charge in [-0.2, -0.15) is 0 Å². The summed E-state index contributed by atoms with van der Waals surface area (Å²) in [5.74, 6) is -0.965. The molecule has 1 aliphatic rings. The van der Waals surface area contributed by atoms with E-state index in [1.807, 2.05) is 13.8 Å². The summed E-state index contributed by atoms with van der Waals surface area (Å²) >= 11 is 0. The molecule has 92 valence electrons. The first-order chi connectivity index (χ1) is 7.43. The Morgan fingerprint density at radius 3 is 2.62 bits per heavy atom. The Labute approximate surface area is 96.6 Å². The van der Waals surface area contributed by atoms with Gasteiger partial charge >= 0.3 is 5.97 Å². The molecule has 4 nitrogen and oxygen atoms in total. The van der Waals surface area contributed by atoms with Gasteiger partial charge in [-0.15, -0.1) is 0 Å². The molecule has 1 amide bonds. The quantitative estimate of drug-likeness (QED) is 0.797. The molecule has 16 heavy (non-hydrogen) atoms. The SMILES string of the molecule is CCCC(C)C(=O)N1CCCC1(C)C(=O)O. The third-order valence-electron chi connectivity index (χ3n) is 3.51. The molecule has 2 unspecified atom stereocenters. The second-order valence-electron chi connectivity index (χ2n) is 4.86.